The highest BCUT2D eigenvalue weighted by atomic mass is 32.1. The monoisotopic (exact) mass is 512 g/mol. The van der Waals surface area contributed by atoms with Gasteiger partial charge >= 0.3 is 6.36 Å². The lowest BCUT2D eigenvalue weighted by Gasteiger charge is -2.12. The number of ether oxygens (including phenoxy) is 1. The van der Waals surface area contributed by atoms with Crippen molar-refractivity contribution in [2.45, 2.75) is 32.2 Å². The van der Waals surface area contributed by atoms with Crippen LogP contribution in [0.15, 0.2) is 60.0 Å². The van der Waals surface area contributed by atoms with Gasteiger partial charge in [-0.15, -0.1) is 24.5 Å². The molecule has 186 valence electrons. The molecule has 5 rings (SSSR count). The van der Waals surface area contributed by atoms with Crippen LogP contribution in [-0.4, -0.2) is 40.2 Å². The van der Waals surface area contributed by atoms with Gasteiger partial charge in [0.05, 0.1) is 23.3 Å². The molecule has 0 radical (unpaired) electrons. The molecule has 1 fully saturated rings. The largest absolute Gasteiger partial charge is 0.573 e. The predicted molar refractivity (Wildman–Crippen MR) is 133 cm³/mol. The Labute approximate surface area is 209 Å². The summed E-state index contributed by atoms with van der Waals surface area (Å²) in [4.78, 5) is 24.4. The first-order chi connectivity index (χ1) is 17.3. The third-order valence-electron chi connectivity index (χ3n) is 5.90. The Bertz CT molecular complexity index is 1380. The molecule has 0 bridgehead atoms. The van der Waals surface area contributed by atoms with E-state index in [0.717, 1.165) is 30.7 Å². The van der Waals surface area contributed by atoms with Crippen molar-refractivity contribution in [2.75, 3.05) is 18.4 Å². The Kier molecular flexibility index (Phi) is 6.88. The first kappa shape index (κ1) is 24.2. The summed E-state index contributed by atoms with van der Waals surface area (Å²) in [5, 5.41) is 6.23. The van der Waals surface area contributed by atoms with Gasteiger partial charge in [-0.3, -0.25) is 9.69 Å². The van der Waals surface area contributed by atoms with Crippen molar-refractivity contribution in [3.05, 3.63) is 71.2 Å². The number of para-hydroxylation sites is 1. The number of thiazole rings is 1. The number of likely N-dealkylation sites (tertiary alicyclic amines) is 1. The molecular weight excluding hydrogens is 489 g/mol. The Morgan fingerprint density at radius 1 is 1.06 bits per heavy atom. The van der Waals surface area contributed by atoms with Gasteiger partial charge in [-0.1, -0.05) is 36.4 Å². The zero-order valence-corrected chi connectivity index (χ0v) is 20.0. The molecule has 36 heavy (non-hydrogen) atoms. The van der Waals surface area contributed by atoms with Crippen molar-refractivity contribution in [3.63, 3.8) is 0 Å². The minimum Gasteiger partial charge on any atom is -0.406 e. The number of rotatable bonds is 7. The number of amides is 1. The summed E-state index contributed by atoms with van der Waals surface area (Å²) in [5.74, 6) is -0.528. The summed E-state index contributed by atoms with van der Waals surface area (Å²) in [5.41, 5.74) is 3.23. The van der Waals surface area contributed by atoms with Crippen LogP contribution in [0.25, 0.3) is 22.2 Å². The van der Waals surface area contributed by atoms with Gasteiger partial charge in [-0.05, 0) is 49.7 Å². The average Bonchev–Trinajstić information content (AvgIpc) is 3.50. The van der Waals surface area contributed by atoms with Gasteiger partial charge < -0.3 is 10.1 Å². The standard InChI is InChI=1S/C26H23F3N4O2S/c27-26(28,29)35-21-8-4-6-18(13-21)22-10-9-17-5-3-7-19(24(17)31-22)14-23(34)32-25-30-20(16-36-25)15-33-11-1-2-12-33/h3-10,13,16H,1-2,11-12,14-15H2,(H,30,32,34). The minimum atomic E-state index is -4.78. The molecule has 0 atom stereocenters. The summed E-state index contributed by atoms with van der Waals surface area (Å²) in [6, 6.07) is 14.8. The number of fused-ring (bicyclic) bond motifs is 1. The number of aromatic nitrogens is 2. The number of carbonyl (C=O) groups is 1. The van der Waals surface area contributed by atoms with Gasteiger partial charge in [-0.25, -0.2) is 9.97 Å². The summed E-state index contributed by atoms with van der Waals surface area (Å²) < 4.78 is 41.9. The first-order valence-electron chi connectivity index (χ1n) is 11.5. The summed E-state index contributed by atoms with van der Waals surface area (Å²) in [7, 11) is 0. The van der Waals surface area contributed by atoms with Gasteiger partial charge in [0.25, 0.3) is 0 Å². The van der Waals surface area contributed by atoms with Gasteiger partial charge in [0, 0.05) is 22.9 Å². The molecule has 1 amide bonds. The van der Waals surface area contributed by atoms with Crippen LogP contribution < -0.4 is 10.1 Å². The van der Waals surface area contributed by atoms with Crippen molar-refractivity contribution in [1.82, 2.24) is 14.9 Å². The van der Waals surface area contributed by atoms with E-state index < -0.39 is 6.36 Å². The Morgan fingerprint density at radius 3 is 2.67 bits per heavy atom. The minimum absolute atomic E-state index is 0.0893. The number of nitrogens with zero attached hydrogens (tertiary/aromatic N) is 3. The molecule has 0 aliphatic carbocycles. The highest BCUT2D eigenvalue weighted by molar-refractivity contribution is 7.13. The van der Waals surface area contributed by atoms with Crippen LogP contribution in [-0.2, 0) is 17.8 Å². The zero-order valence-electron chi connectivity index (χ0n) is 19.2. The van der Waals surface area contributed by atoms with E-state index in [0.29, 0.717) is 27.5 Å². The summed E-state index contributed by atoms with van der Waals surface area (Å²) >= 11 is 1.40. The second-order valence-corrected chi connectivity index (χ2v) is 9.47. The van der Waals surface area contributed by atoms with Crippen LogP contribution in [0.4, 0.5) is 18.3 Å². The molecule has 0 unspecified atom stereocenters. The number of nitrogens with one attached hydrogen (secondary N) is 1. The van der Waals surface area contributed by atoms with Crippen LogP contribution in [0.3, 0.4) is 0 Å². The van der Waals surface area contributed by atoms with Crippen LogP contribution in [0, 0.1) is 0 Å². The van der Waals surface area contributed by atoms with Crippen LogP contribution in [0.1, 0.15) is 24.1 Å². The van der Waals surface area contributed by atoms with E-state index in [9.17, 15) is 18.0 Å². The van der Waals surface area contributed by atoms with E-state index in [1.165, 1.54) is 42.4 Å². The zero-order chi connectivity index (χ0) is 25.1. The average molecular weight is 513 g/mol. The number of carbonyl (C=O) groups excluding carboxylic acids is 1. The quantitative estimate of drug-likeness (QED) is 0.327. The molecule has 4 aromatic rings. The van der Waals surface area contributed by atoms with E-state index >= 15 is 0 Å². The van der Waals surface area contributed by atoms with Gasteiger partial charge in [0.15, 0.2) is 5.13 Å². The van der Waals surface area contributed by atoms with Gasteiger partial charge in [0.1, 0.15) is 5.75 Å². The normalized spacial score (nSPS) is 14.3. The van der Waals surface area contributed by atoms with Gasteiger partial charge in [0.2, 0.25) is 5.91 Å². The molecule has 0 saturated carbocycles. The lowest BCUT2D eigenvalue weighted by Crippen LogP contribution is -2.19. The molecule has 1 aliphatic heterocycles. The maximum Gasteiger partial charge on any atom is 0.573 e. The highest BCUT2D eigenvalue weighted by Crippen LogP contribution is 2.29. The highest BCUT2D eigenvalue weighted by Gasteiger charge is 2.31. The molecule has 6 nitrogen and oxygen atoms in total. The fourth-order valence-electron chi connectivity index (χ4n) is 4.31. The second kappa shape index (κ2) is 10.2. The summed E-state index contributed by atoms with van der Waals surface area (Å²) in [6.45, 7) is 2.95. The van der Waals surface area contributed by atoms with E-state index in [4.69, 9.17) is 0 Å². The lowest BCUT2D eigenvalue weighted by molar-refractivity contribution is -0.274. The van der Waals surface area contributed by atoms with Crippen LogP contribution >= 0.6 is 11.3 Å². The maximum absolute atomic E-state index is 12.8. The second-order valence-electron chi connectivity index (χ2n) is 8.61. The number of anilines is 1. The molecule has 2 aromatic carbocycles. The van der Waals surface area contributed by atoms with E-state index in [-0.39, 0.29) is 18.1 Å². The molecule has 10 heteroatoms. The molecule has 1 saturated heterocycles. The first-order valence-corrected chi connectivity index (χ1v) is 12.4. The van der Waals surface area contributed by atoms with Crippen molar-refractivity contribution < 1.29 is 22.7 Å². The summed E-state index contributed by atoms with van der Waals surface area (Å²) in [6.07, 6.45) is -2.27. The molecule has 3 heterocycles. The van der Waals surface area contributed by atoms with Crippen molar-refractivity contribution in [1.29, 1.82) is 0 Å². The topological polar surface area (TPSA) is 67.3 Å². The van der Waals surface area contributed by atoms with Gasteiger partial charge in [-0.2, -0.15) is 0 Å². The van der Waals surface area contributed by atoms with Crippen molar-refractivity contribution in [3.8, 4) is 17.0 Å². The van der Waals surface area contributed by atoms with E-state index in [1.807, 2.05) is 29.6 Å². The Morgan fingerprint density at radius 2 is 1.86 bits per heavy atom. The van der Waals surface area contributed by atoms with E-state index in [2.05, 4.69) is 24.9 Å². The fraction of sp³-hybridized carbons (Fsp3) is 0.269. The number of hydrogen-bond donors (Lipinski definition) is 1. The Balaban J connectivity index is 1.32. The van der Waals surface area contributed by atoms with Crippen molar-refractivity contribution in [2.24, 2.45) is 0 Å². The third kappa shape index (κ3) is 6.00. The number of benzene rings is 2. The Hall–Kier alpha value is -3.50. The smallest absolute Gasteiger partial charge is 0.406 e. The predicted octanol–water partition coefficient (Wildman–Crippen LogP) is 6.03. The molecule has 1 N–H and O–H groups in total. The van der Waals surface area contributed by atoms with Crippen LogP contribution in [0.2, 0.25) is 0 Å². The molecule has 2 aromatic heterocycles. The number of hydrogen-bond acceptors (Lipinski definition) is 6. The lowest BCUT2D eigenvalue weighted by atomic mass is 10.0. The third-order valence-corrected chi connectivity index (χ3v) is 6.71. The van der Waals surface area contributed by atoms with Crippen LogP contribution in [0.5, 0.6) is 5.75 Å². The number of alkyl halides is 3. The van der Waals surface area contributed by atoms with E-state index in [1.54, 1.807) is 12.1 Å². The molecule has 0 spiro atoms. The fourth-order valence-corrected chi connectivity index (χ4v) is 5.03. The van der Waals surface area contributed by atoms with Crippen molar-refractivity contribution >= 4 is 33.3 Å². The SMILES string of the molecule is O=C(Cc1cccc2ccc(-c3cccc(OC(F)(F)F)c3)nc12)Nc1nc(CN2CCCC2)cs1. The number of halogens is 3. The molecular formula is C26H23F3N4O2S. The maximum atomic E-state index is 12.8. The number of pyridine rings is 1. The molecule has 1 aliphatic rings.